The van der Waals surface area contributed by atoms with Crippen molar-refractivity contribution in [2.75, 3.05) is 17.2 Å². The van der Waals surface area contributed by atoms with E-state index in [0.717, 1.165) is 17.9 Å². The number of hydrogen-bond acceptors (Lipinski definition) is 5. The first-order chi connectivity index (χ1) is 13.2. The fourth-order valence-electron chi connectivity index (χ4n) is 2.42. The number of ether oxygens (including phenoxy) is 1. The summed E-state index contributed by atoms with van der Waals surface area (Å²) in [6.45, 7) is 2.42. The number of aromatic nitrogens is 2. The summed E-state index contributed by atoms with van der Waals surface area (Å²) in [5.41, 5.74) is 2.22. The molecule has 2 N–H and O–H groups in total. The number of para-hydroxylation sites is 1. The van der Waals surface area contributed by atoms with Crippen LogP contribution in [0.3, 0.4) is 0 Å². The largest absolute Gasteiger partial charge is 0.493 e. The van der Waals surface area contributed by atoms with Crippen LogP contribution in [-0.2, 0) is 11.2 Å². The zero-order chi connectivity index (χ0) is 18.9. The first-order valence-corrected chi connectivity index (χ1v) is 8.90. The van der Waals surface area contributed by atoms with E-state index in [1.165, 1.54) is 5.56 Å². The molecule has 6 heteroatoms. The van der Waals surface area contributed by atoms with E-state index >= 15 is 0 Å². The van der Waals surface area contributed by atoms with Gasteiger partial charge in [-0.1, -0.05) is 37.3 Å². The van der Waals surface area contributed by atoms with Crippen LogP contribution in [0.25, 0.3) is 0 Å². The molecule has 6 nitrogen and oxygen atoms in total. The van der Waals surface area contributed by atoms with Gasteiger partial charge in [0, 0.05) is 5.69 Å². The predicted molar refractivity (Wildman–Crippen MR) is 106 cm³/mol. The molecule has 0 saturated heterocycles. The Morgan fingerprint density at radius 2 is 1.63 bits per heavy atom. The monoisotopic (exact) mass is 362 g/mol. The Bertz CT molecular complexity index is 850. The van der Waals surface area contributed by atoms with Gasteiger partial charge in [0.1, 0.15) is 5.75 Å². The number of nitrogens with one attached hydrogen (secondary N) is 2. The van der Waals surface area contributed by atoms with Crippen molar-refractivity contribution in [3.8, 4) is 5.75 Å². The molecule has 1 amide bonds. The van der Waals surface area contributed by atoms with E-state index in [1.807, 2.05) is 42.5 Å². The molecular formula is C21H22N4O2. The first kappa shape index (κ1) is 18.4. The van der Waals surface area contributed by atoms with Crippen LogP contribution < -0.4 is 15.4 Å². The van der Waals surface area contributed by atoms with Gasteiger partial charge in [0.25, 0.3) is 0 Å². The lowest BCUT2D eigenvalue weighted by molar-refractivity contribution is -0.116. The lowest BCUT2D eigenvalue weighted by Crippen LogP contribution is -2.16. The van der Waals surface area contributed by atoms with E-state index in [-0.39, 0.29) is 12.3 Å². The Labute approximate surface area is 158 Å². The average molecular weight is 362 g/mol. The third-order valence-electron chi connectivity index (χ3n) is 3.91. The zero-order valence-electron chi connectivity index (χ0n) is 15.2. The maximum absolute atomic E-state index is 12.0. The van der Waals surface area contributed by atoms with Crippen LogP contribution >= 0.6 is 0 Å². The number of nitrogens with zero attached hydrogens (tertiary/aromatic N) is 2. The van der Waals surface area contributed by atoms with Gasteiger partial charge in [0.05, 0.1) is 13.0 Å². The van der Waals surface area contributed by atoms with Crippen molar-refractivity contribution < 1.29 is 9.53 Å². The summed E-state index contributed by atoms with van der Waals surface area (Å²) in [6.07, 6.45) is 1.24. The van der Waals surface area contributed by atoms with E-state index in [2.05, 4.69) is 39.9 Å². The SMILES string of the molecule is CCc1ccc(Nc2ccc(NC(=O)CCOc3ccccc3)nn2)cc1. The third-order valence-corrected chi connectivity index (χ3v) is 3.91. The van der Waals surface area contributed by atoms with Crippen molar-refractivity contribution in [2.24, 2.45) is 0 Å². The standard InChI is InChI=1S/C21H22N4O2/c1-2-16-8-10-17(11-9-16)22-19-12-13-20(25-24-19)23-21(26)14-15-27-18-6-4-3-5-7-18/h3-13H,2,14-15H2,1H3,(H,22,24)(H,23,25,26). The van der Waals surface area contributed by atoms with Gasteiger partial charge >= 0.3 is 0 Å². The Balaban J connectivity index is 1.45. The van der Waals surface area contributed by atoms with Crippen LogP contribution in [0.1, 0.15) is 18.9 Å². The molecule has 0 atom stereocenters. The topological polar surface area (TPSA) is 76.1 Å². The van der Waals surface area contributed by atoms with Crippen LogP contribution in [0.2, 0.25) is 0 Å². The summed E-state index contributed by atoms with van der Waals surface area (Å²) in [4.78, 5) is 12.0. The van der Waals surface area contributed by atoms with Gasteiger partial charge in [-0.2, -0.15) is 0 Å². The van der Waals surface area contributed by atoms with Crippen LogP contribution in [0, 0.1) is 0 Å². The zero-order valence-corrected chi connectivity index (χ0v) is 15.2. The third kappa shape index (κ3) is 5.81. The van der Waals surface area contributed by atoms with E-state index in [0.29, 0.717) is 18.2 Å². The number of aryl methyl sites for hydroxylation is 1. The van der Waals surface area contributed by atoms with Gasteiger partial charge in [-0.05, 0) is 48.4 Å². The highest BCUT2D eigenvalue weighted by molar-refractivity contribution is 5.89. The minimum atomic E-state index is -0.170. The smallest absolute Gasteiger partial charge is 0.229 e. The van der Waals surface area contributed by atoms with Crippen molar-refractivity contribution in [2.45, 2.75) is 19.8 Å². The molecule has 0 bridgehead atoms. The molecule has 3 aromatic rings. The van der Waals surface area contributed by atoms with Crippen molar-refractivity contribution in [1.82, 2.24) is 10.2 Å². The number of rotatable bonds is 8. The predicted octanol–water partition coefficient (Wildman–Crippen LogP) is 4.19. The average Bonchev–Trinajstić information content (AvgIpc) is 2.71. The number of hydrogen-bond donors (Lipinski definition) is 2. The molecule has 138 valence electrons. The van der Waals surface area contributed by atoms with Crippen molar-refractivity contribution >= 4 is 23.2 Å². The maximum atomic E-state index is 12.0. The van der Waals surface area contributed by atoms with Crippen molar-refractivity contribution in [3.05, 3.63) is 72.3 Å². The quantitative estimate of drug-likeness (QED) is 0.628. The summed E-state index contributed by atoms with van der Waals surface area (Å²) in [7, 11) is 0. The van der Waals surface area contributed by atoms with Crippen molar-refractivity contribution in [3.63, 3.8) is 0 Å². The molecule has 0 unspecified atom stereocenters. The molecule has 1 aromatic heterocycles. The minimum absolute atomic E-state index is 0.170. The fraction of sp³-hybridized carbons (Fsp3) is 0.190. The Hall–Kier alpha value is -3.41. The summed E-state index contributed by atoms with van der Waals surface area (Å²) >= 11 is 0. The molecule has 27 heavy (non-hydrogen) atoms. The fourth-order valence-corrected chi connectivity index (χ4v) is 2.42. The Morgan fingerprint density at radius 1 is 0.926 bits per heavy atom. The van der Waals surface area contributed by atoms with Crippen molar-refractivity contribution in [1.29, 1.82) is 0 Å². The van der Waals surface area contributed by atoms with E-state index < -0.39 is 0 Å². The number of benzene rings is 2. The van der Waals surface area contributed by atoms with Gasteiger partial charge in [0.2, 0.25) is 5.91 Å². The van der Waals surface area contributed by atoms with E-state index in [9.17, 15) is 4.79 Å². The molecule has 0 spiro atoms. The number of anilines is 3. The number of carbonyl (C=O) groups excluding carboxylic acids is 1. The van der Waals surface area contributed by atoms with Crippen LogP contribution in [-0.4, -0.2) is 22.7 Å². The second-order valence-corrected chi connectivity index (χ2v) is 5.94. The molecule has 3 rings (SSSR count). The number of carbonyl (C=O) groups is 1. The van der Waals surface area contributed by atoms with Crippen LogP contribution in [0.4, 0.5) is 17.3 Å². The van der Waals surface area contributed by atoms with Crippen LogP contribution in [0.15, 0.2) is 66.7 Å². The first-order valence-electron chi connectivity index (χ1n) is 8.90. The normalized spacial score (nSPS) is 10.3. The molecule has 0 radical (unpaired) electrons. The highest BCUT2D eigenvalue weighted by Gasteiger charge is 2.05. The molecular weight excluding hydrogens is 340 g/mol. The lowest BCUT2D eigenvalue weighted by Gasteiger charge is -2.08. The van der Waals surface area contributed by atoms with Gasteiger partial charge in [0.15, 0.2) is 11.6 Å². The summed E-state index contributed by atoms with van der Waals surface area (Å²) in [5.74, 6) is 1.60. The van der Waals surface area contributed by atoms with E-state index in [4.69, 9.17) is 4.74 Å². The molecule has 0 saturated carbocycles. The number of amides is 1. The second-order valence-electron chi connectivity index (χ2n) is 5.94. The molecule has 0 aliphatic rings. The highest BCUT2D eigenvalue weighted by Crippen LogP contribution is 2.16. The summed E-state index contributed by atoms with van der Waals surface area (Å²) < 4.78 is 5.51. The van der Waals surface area contributed by atoms with Gasteiger partial charge in [-0.3, -0.25) is 4.79 Å². The van der Waals surface area contributed by atoms with Gasteiger partial charge < -0.3 is 15.4 Å². The molecule has 0 aliphatic carbocycles. The maximum Gasteiger partial charge on any atom is 0.229 e. The Morgan fingerprint density at radius 3 is 2.30 bits per heavy atom. The molecule has 0 aliphatic heterocycles. The highest BCUT2D eigenvalue weighted by atomic mass is 16.5. The minimum Gasteiger partial charge on any atom is -0.493 e. The van der Waals surface area contributed by atoms with E-state index in [1.54, 1.807) is 12.1 Å². The molecule has 1 heterocycles. The van der Waals surface area contributed by atoms with Gasteiger partial charge in [-0.25, -0.2) is 0 Å². The second kappa shape index (κ2) is 9.33. The van der Waals surface area contributed by atoms with Crippen LogP contribution in [0.5, 0.6) is 5.75 Å². The summed E-state index contributed by atoms with van der Waals surface area (Å²) in [5, 5.41) is 14.0. The lowest BCUT2D eigenvalue weighted by atomic mass is 10.1. The molecule has 2 aromatic carbocycles. The molecule has 0 fully saturated rings. The van der Waals surface area contributed by atoms with Gasteiger partial charge in [-0.15, -0.1) is 10.2 Å². The Kier molecular flexibility index (Phi) is 6.35. The summed E-state index contributed by atoms with van der Waals surface area (Å²) in [6, 6.07) is 21.0.